The lowest BCUT2D eigenvalue weighted by atomic mass is 10.3. The standard InChI is InChI=1S/C13H14N2O3/c1-17-11-2-4-12(5-3-11)18-9-8-15-7-6-14-13(15)10-16/h2-7,10H,8-9H2,1H3. The minimum absolute atomic E-state index is 0.410. The maximum absolute atomic E-state index is 10.7. The number of benzene rings is 1. The Balaban J connectivity index is 1.86. The smallest absolute Gasteiger partial charge is 0.185 e. The molecule has 0 saturated carbocycles. The zero-order chi connectivity index (χ0) is 12.8. The first-order chi connectivity index (χ1) is 8.83. The molecular weight excluding hydrogens is 232 g/mol. The van der Waals surface area contributed by atoms with Gasteiger partial charge in [0, 0.05) is 12.4 Å². The van der Waals surface area contributed by atoms with E-state index in [1.165, 1.54) is 0 Å². The Labute approximate surface area is 105 Å². The number of rotatable bonds is 6. The number of aldehydes is 1. The highest BCUT2D eigenvalue weighted by Crippen LogP contribution is 2.16. The molecule has 1 heterocycles. The summed E-state index contributed by atoms with van der Waals surface area (Å²) in [5, 5.41) is 0. The number of carbonyl (C=O) groups excluding carboxylic acids is 1. The van der Waals surface area contributed by atoms with E-state index in [0.717, 1.165) is 17.8 Å². The summed E-state index contributed by atoms with van der Waals surface area (Å²) in [5.74, 6) is 1.97. The summed E-state index contributed by atoms with van der Waals surface area (Å²) in [7, 11) is 1.62. The van der Waals surface area contributed by atoms with Gasteiger partial charge in [0.25, 0.3) is 0 Å². The lowest BCUT2D eigenvalue weighted by Crippen LogP contribution is -2.10. The average Bonchev–Trinajstić information content (AvgIpc) is 2.87. The summed E-state index contributed by atoms with van der Waals surface area (Å²) >= 11 is 0. The third kappa shape index (κ3) is 2.88. The van der Waals surface area contributed by atoms with Gasteiger partial charge in [0.1, 0.15) is 18.1 Å². The van der Waals surface area contributed by atoms with Crippen molar-refractivity contribution < 1.29 is 14.3 Å². The maximum Gasteiger partial charge on any atom is 0.185 e. The summed E-state index contributed by atoms with van der Waals surface area (Å²) in [4.78, 5) is 14.6. The number of nitrogens with zero attached hydrogens (tertiary/aromatic N) is 2. The highest BCUT2D eigenvalue weighted by atomic mass is 16.5. The van der Waals surface area contributed by atoms with Gasteiger partial charge in [-0.2, -0.15) is 0 Å². The molecule has 0 N–H and O–H groups in total. The minimum Gasteiger partial charge on any atom is -0.497 e. The number of hydrogen-bond acceptors (Lipinski definition) is 4. The molecular formula is C13H14N2O3. The predicted octanol–water partition coefficient (Wildman–Crippen LogP) is 1.78. The van der Waals surface area contributed by atoms with Crippen molar-refractivity contribution >= 4 is 6.29 Å². The van der Waals surface area contributed by atoms with E-state index in [1.807, 2.05) is 24.3 Å². The average molecular weight is 246 g/mol. The molecule has 0 fully saturated rings. The van der Waals surface area contributed by atoms with Gasteiger partial charge in [-0.05, 0) is 24.3 Å². The molecule has 18 heavy (non-hydrogen) atoms. The molecule has 0 unspecified atom stereocenters. The van der Waals surface area contributed by atoms with Crippen LogP contribution >= 0.6 is 0 Å². The van der Waals surface area contributed by atoms with Gasteiger partial charge in [-0.25, -0.2) is 4.98 Å². The second-order valence-corrected chi connectivity index (χ2v) is 3.62. The van der Waals surface area contributed by atoms with Crippen LogP contribution in [0.4, 0.5) is 0 Å². The molecule has 5 heteroatoms. The van der Waals surface area contributed by atoms with Crippen LogP contribution in [0.2, 0.25) is 0 Å². The number of aromatic nitrogens is 2. The van der Waals surface area contributed by atoms with Crippen LogP contribution in [0.3, 0.4) is 0 Å². The van der Waals surface area contributed by atoms with Crippen LogP contribution in [0, 0.1) is 0 Å². The van der Waals surface area contributed by atoms with Crippen LogP contribution in [0.15, 0.2) is 36.7 Å². The van der Waals surface area contributed by atoms with E-state index in [1.54, 1.807) is 24.1 Å². The Hall–Kier alpha value is -2.30. The van der Waals surface area contributed by atoms with Crippen molar-refractivity contribution in [1.29, 1.82) is 0 Å². The number of hydrogen-bond donors (Lipinski definition) is 0. The Morgan fingerprint density at radius 3 is 2.67 bits per heavy atom. The van der Waals surface area contributed by atoms with E-state index >= 15 is 0 Å². The van der Waals surface area contributed by atoms with E-state index in [2.05, 4.69) is 4.98 Å². The molecule has 0 radical (unpaired) electrons. The van der Waals surface area contributed by atoms with Gasteiger partial charge in [-0.3, -0.25) is 4.79 Å². The van der Waals surface area contributed by atoms with Gasteiger partial charge in [0.15, 0.2) is 12.1 Å². The molecule has 0 atom stereocenters. The number of carbonyl (C=O) groups is 1. The van der Waals surface area contributed by atoms with Gasteiger partial charge >= 0.3 is 0 Å². The second-order valence-electron chi connectivity index (χ2n) is 3.62. The molecule has 0 amide bonds. The summed E-state index contributed by atoms with van der Waals surface area (Å²) in [6.45, 7) is 1.06. The number of imidazole rings is 1. The zero-order valence-electron chi connectivity index (χ0n) is 10.1. The Morgan fingerprint density at radius 2 is 2.00 bits per heavy atom. The van der Waals surface area contributed by atoms with E-state index in [-0.39, 0.29) is 0 Å². The van der Waals surface area contributed by atoms with Crippen molar-refractivity contribution in [2.45, 2.75) is 6.54 Å². The first kappa shape index (κ1) is 12.2. The minimum atomic E-state index is 0.410. The van der Waals surface area contributed by atoms with Crippen molar-refractivity contribution in [3.63, 3.8) is 0 Å². The highest BCUT2D eigenvalue weighted by molar-refractivity contribution is 5.69. The lowest BCUT2D eigenvalue weighted by Gasteiger charge is -2.08. The van der Waals surface area contributed by atoms with Crippen LogP contribution in [-0.2, 0) is 6.54 Å². The largest absolute Gasteiger partial charge is 0.497 e. The molecule has 0 saturated heterocycles. The predicted molar refractivity (Wildman–Crippen MR) is 66.1 cm³/mol. The van der Waals surface area contributed by atoms with Crippen molar-refractivity contribution in [3.8, 4) is 11.5 Å². The third-order valence-electron chi connectivity index (χ3n) is 2.51. The molecule has 1 aromatic heterocycles. The number of methoxy groups -OCH3 is 1. The molecule has 2 rings (SSSR count). The van der Waals surface area contributed by atoms with E-state index in [4.69, 9.17) is 9.47 Å². The summed E-state index contributed by atoms with van der Waals surface area (Å²) in [6.07, 6.45) is 4.08. The van der Waals surface area contributed by atoms with E-state index in [0.29, 0.717) is 19.0 Å². The molecule has 2 aromatic rings. The van der Waals surface area contributed by atoms with Crippen molar-refractivity contribution in [2.75, 3.05) is 13.7 Å². The Bertz CT molecular complexity index is 505. The topological polar surface area (TPSA) is 53.4 Å². The molecule has 0 aliphatic rings. The molecule has 0 spiro atoms. The van der Waals surface area contributed by atoms with Crippen LogP contribution in [0.5, 0.6) is 11.5 Å². The Kier molecular flexibility index (Phi) is 3.96. The quantitative estimate of drug-likeness (QED) is 0.729. The molecule has 0 aliphatic heterocycles. The fraction of sp³-hybridized carbons (Fsp3) is 0.231. The van der Waals surface area contributed by atoms with Gasteiger partial charge in [-0.15, -0.1) is 0 Å². The SMILES string of the molecule is COc1ccc(OCCn2ccnc2C=O)cc1. The molecule has 1 aromatic carbocycles. The van der Waals surface area contributed by atoms with E-state index in [9.17, 15) is 4.79 Å². The van der Waals surface area contributed by atoms with Crippen LogP contribution < -0.4 is 9.47 Å². The first-order valence-corrected chi connectivity index (χ1v) is 5.56. The summed E-state index contributed by atoms with van der Waals surface area (Å²) in [5.41, 5.74) is 0. The molecule has 0 aliphatic carbocycles. The molecule has 5 nitrogen and oxygen atoms in total. The number of ether oxygens (including phenoxy) is 2. The lowest BCUT2D eigenvalue weighted by molar-refractivity contribution is 0.111. The summed E-state index contributed by atoms with van der Waals surface area (Å²) in [6, 6.07) is 7.35. The second kappa shape index (κ2) is 5.86. The van der Waals surface area contributed by atoms with Gasteiger partial charge in [-0.1, -0.05) is 0 Å². The van der Waals surface area contributed by atoms with E-state index < -0.39 is 0 Å². The highest BCUT2D eigenvalue weighted by Gasteiger charge is 2.01. The van der Waals surface area contributed by atoms with Crippen LogP contribution in [0.1, 0.15) is 10.6 Å². The van der Waals surface area contributed by atoms with Crippen molar-refractivity contribution in [2.24, 2.45) is 0 Å². The van der Waals surface area contributed by atoms with Gasteiger partial charge < -0.3 is 14.0 Å². The Morgan fingerprint density at radius 1 is 1.28 bits per heavy atom. The molecule has 0 bridgehead atoms. The first-order valence-electron chi connectivity index (χ1n) is 5.56. The van der Waals surface area contributed by atoms with Crippen molar-refractivity contribution in [1.82, 2.24) is 9.55 Å². The fourth-order valence-electron chi connectivity index (χ4n) is 1.56. The zero-order valence-corrected chi connectivity index (χ0v) is 10.1. The maximum atomic E-state index is 10.7. The van der Waals surface area contributed by atoms with Crippen LogP contribution in [-0.4, -0.2) is 29.6 Å². The molecule has 94 valence electrons. The summed E-state index contributed by atoms with van der Waals surface area (Å²) < 4.78 is 12.4. The monoisotopic (exact) mass is 246 g/mol. The fourth-order valence-corrected chi connectivity index (χ4v) is 1.56. The normalized spacial score (nSPS) is 10.1. The van der Waals surface area contributed by atoms with Crippen LogP contribution in [0.25, 0.3) is 0 Å². The van der Waals surface area contributed by atoms with Gasteiger partial charge in [0.2, 0.25) is 0 Å². The third-order valence-corrected chi connectivity index (χ3v) is 2.51. The van der Waals surface area contributed by atoms with Crippen molar-refractivity contribution in [3.05, 3.63) is 42.5 Å². The van der Waals surface area contributed by atoms with Gasteiger partial charge in [0.05, 0.1) is 13.7 Å².